The van der Waals surface area contributed by atoms with Gasteiger partial charge in [0.2, 0.25) is 0 Å². The summed E-state index contributed by atoms with van der Waals surface area (Å²) < 4.78 is 0. The van der Waals surface area contributed by atoms with Crippen molar-refractivity contribution in [1.29, 1.82) is 0 Å². The molecule has 1 aliphatic heterocycles. The highest BCUT2D eigenvalue weighted by molar-refractivity contribution is 5.88. The summed E-state index contributed by atoms with van der Waals surface area (Å²) in [5.74, 6) is -2.15. The smallest absolute Gasteiger partial charge is 0.335 e. The number of hydrogen-bond donors (Lipinski definition) is 3. The van der Waals surface area contributed by atoms with Gasteiger partial charge in [0.25, 0.3) is 0 Å². The molecule has 0 saturated carbocycles. The molecule has 0 aromatic heterocycles. The molecule has 3 N–H and O–H groups in total. The lowest BCUT2D eigenvalue weighted by Gasteiger charge is -2.18. The molecule has 30 heavy (non-hydrogen) atoms. The van der Waals surface area contributed by atoms with E-state index in [1.807, 2.05) is 36.4 Å². The molecule has 0 radical (unpaired) electrons. The molecule has 1 saturated heterocycles. The largest absolute Gasteiger partial charge is 0.480 e. The first-order valence-corrected chi connectivity index (χ1v) is 9.99. The van der Waals surface area contributed by atoms with Crippen molar-refractivity contribution >= 4 is 11.9 Å². The van der Waals surface area contributed by atoms with Crippen LogP contribution in [0.15, 0.2) is 72.8 Å². The predicted molar refractivity (Wildman–Crippen MR) is 115 cm³/mol. The lowest BCUT2D eigenvalue weighted by Crippen LogP contribution is -2.34. The van der Waals surface area contributed by atoms with E-state index in [1.54, 1.807) is 12.1 Å². The summed E-state index contributed by atoms with van der Waals surface area (Å²) in [6, 6.07) is 22.8. The number of carboxylic acid groups (broad SMARTS) is 2. The predicted octanol–water partition coefficient (Wildman–Crippen LogP) is 4.17. The Morgan fingerprint density at radius 3 is 2.37 bits per heavy atom. The fraction of sp³-hybridized carbons (Fsp3) is 0.200. The van der Waals surface area contributed by atoms with Crippen molar-refractivity contribution in [3.63, 3.8) is 0 Å². The Kier molecular flexibility index (Phi) is 5.63. The summed E-state index contributed by atoms with van der Waals surface area (Å²) >= 11 is 0. The van der Waals surface area contributed by atoms with E-state index in [1.165, 1.54) is 0 Å². The van der Waals surface area contributed by atoms with Gasteiger partial charge < -0.3 is 15.5 Å². The Morgan fingerprint density at radius 2 is 1.63 bits per heavy atom. The van der Waals surface area contributed by atoms with Crippen LogP contribution in [0, 0.1) is 0 Å². The Balaban J connectivity index is 1.67. The normalized spacial score (nSPS) is 18.3. The summed E-state index contributed by atoms with van der Waals surface area (Å²) in [7, 11) is 0. The van der Waals surface area contributed by atoms with E-state index in [9.17, 15) is 19.8 Å². The molecule has 3 aromatic rings. The third kappa shape index (κ3) is 4.26. The van der Waals surface area contributed by atoms with Crippen molar-refractivity contribution in [3.8, 4) is 11.1 Å². The highest BCUT2D eigenvalue weighted by Crippen LogP contribution is 2.30. The average Bonchev–Trinajstić information content (AvgIpc) is 3.25. The van der Waals surface area contributed by atoms with Crippen LogP contribution in [0.5, 0.6) is 0 Å². The van der Waals surface area contributed by atoms with Gasteiger partial charge in [-0.2, -0.15) is 0 Å². The summed E-state index contributed by atoms with van der Waals surface area (Å²) in [6.07, 6.45) is 1.25. The molecule has 0 spiro atoms. The first-order chi connectivity index (χ1) is 14.5. The first kappa shape index (κ1) is 19.9. The maximum atomic E-state index is 11.7. The topological polar surface area (TPSA) is 86.6 Å². The van der Waals surface area contributed by atoms with Crippen LogP contribution in [-0.4, -0.2) is 34.7 Å². The molecule has 3 aromatic carbocycles. The number of benzene rings is 3. The number of rotatable bonds is 6. The third-order valence-corrected chi connectivity index (χ3v) is 5.62. The molecular formula is C25H23NO4. The molecule has 0 amide bonds. The summed E-state index contributed by atoms with van der Waals surface area (Å²) in [4.78, 5) is 23.3. The van der Waals surface area contributed by atoms with Gasteiger partial charge in [0.15, 0.2) is 0 Å². The molecule has 1 aliphatic rings. The Morgan fingerprint density at radius 1 is 0.867 bits per heavy atom. The van der Waals surface area contributed by atoms with Gasteiger partial charge >= 0.3 is 11.9 Å². The van der Waals surface area contributed by atoms with Crippen LogP contribution in [0.25, 0.3) is 11.1 Å². The second-order valence-corrected chi connectivity index (χ2v) is 7.68. The third-order valence-electron chi connectivity index (χ3n) is 5.62. The van der Waals surface area contributed by atoms with E-state index < -0.39 is 18.0 Å². The minimum Gasteiger partial charge on any atom is -0.480 e. The molecule has 1 heterocycles. The zero-order valence-corrected chi connectivity index (χ0v) is 16.4. The first-order valence-electron chi connectivity index (χ1n) is 9.99. The van der Waals surface area contributed by atoms with Crippen molar-refractivity contribution in [1.82, 2.24) is 5.32 Å². The number of nitrogens with one attached hydrogen (secondary N) is 1. The molecule has 0 bridgehead atoms. The standard InChI is InChI=1S/C25H23NO4/c27-24(28)21-14-17(13-20(15-21)22-9-10-26-23(22)25(29)30)11-16-5-4-8-19(12-16)18-6-2-1-3-7-18/h1-8,12-15,22-23,26H,9-11H2,(H,27,28)(H,29,30)/t22-,23+/m1/s1. The Bertz CT molecular complexity index is 1080. The van der Waals surface area contributed by atoms with Gasteiger partial charge in [0.05, 0.1) is 5.56 Å². The van der Waals surface area contributed by atoms with Crippen molar-refractivity contribution in [2.24, 2.45) is 0 Å². The quantitative estimate of drug-likeness (QED) is 0.577. The summed E-state index contributed by atoms with van der Waals surface area (Å²) in [5.41, 5.74) is 5.13. The zero-order valence-electron chi connectivity index (χ0n) is 16.4. The van der Waals surface area contributed by atoms with Crippen LogP contribution >= 0.6 is 0 Å². The minimum absolute atomic E-state index is 0.192. The van der Waals surface area contributed by atoms with Crippen LogP contribution < -0.4 is 5.32 Å². The maximum Gasteiger partial charge on any atom is 0.335 e. The number of aromatic carboxylic acids is 1. The van der Waals surface area contributed by atoms with Crippen LogP contribution in [0.1, 0.15) is 39.4 Å². The molecule has 152 valence electrons. The van der Waals surface area contributed by atoms with Gasteiger partial charge in [0.1, 0.15) is 6.04 Å². The molecule has 4 rings (SSSR count). The van der Waals surface area contributed by atoms with Crippen molar-refractivity contribution in [2.45, 2.75) is 24.8 Å². The number of hydrogen-bond acceptors (Lipinski definition) is 3. The van der Waals surface area contributed by atoms with E-state index in [0.29, 0.717) is 19.4 Å². The van der Waals surface area contributed by atoms with Gasteiger partial charge in [-0.05, 0) is 59.3 Å². The van der Waals surface area contributed by atoms with E-state index >= 15 is 0 Å². The molecule has 0 unspecified atom stereocenters. The average molecular weight is 401 g/mol. The maximum absolute atomic E-state index is 11.7. The molecule has 0 aliphatic carbocycles. The van der Waals surface area contributed by atoms with E-state index in [0.717, 1.165) is 27.8 Å². The fourth-order valence-corrected chi connectivity index (χ4v) is 4.21. The monoisotopic (exact) mass is 401 g/mol. The second kappa shape index (κ2) is 8.51. The molecular weight excluding hydrogens is 378 g/mol. The van der Waals surface area contributed by atoms with Crippen LogP contribution in [0.2, 0.25) is 0 Å². The Labute approximate surface area is 175 Å². The molecule has 1 fully saturated rings. The lowest BCUT2D eigenvalue weighted by atomic mass is 9.88. The van der Waals surface area contributed by atoms with Gasteiger partial charge in [0, 0.05) is 5.92 Å². The van der Waals surface area contributed by atoms with Crippen LogP contribution in [0.4, 0.5) is 0 Å². The minimum atomic E-state index is -1.01. The van der Waals surface area contributed by atoms with Crippen molar-refractivity contribution in [2.75, 3.05) is 6.54 Å². The van der Waals surface area contributed by atoms with E-state index in [4.69, 9.17) is 0 Å². The van der Waals surface area contributed by atoms with E-state index in [2.05, 4.69) is 29.6 Å². The van der Waals surface area contributed by atoms with Gasteiger partial charge in [-0.15, -0.1) is 0 Å². The number of carbonyl (C=O) groups is 2. The van der Waals surface area contributed by atoms with Gasteiger partial charge in [-0.3, -0.25) is 4.79 Å². The van der Waals surface area contributed by atoms with Crippen LogP contribution in [-0.2, 0) is 11.2 Å². The fourth-order valence-electron chi connectivity index (χ4n) is 4.21. The van der Waals surface area contributed by atoms with Crippen molar-refractivity contribution in [3.05, 3.63) is 95.1 Å². The zero-order chi connectivity index (χ0) is 21.1. The number of carboxylic acids is 2. The molecule has 5 heteroatoms. The van der Waals surface area contributed by atoms with E-state index in [-0.39, 0.29) is 11.5 Å². The highest BCUT2D eigenvalue weighted by atomic mass is 16.4. The van der Waals surface area contributed by atoms with Crippen molar-refractivity contribution < 1.29 is 19.8 Å². The Hall–Kier alpha value is -3.44. The van der Waals surface area contributed by atoms with Crippen LogP contribution in [0.3, 0.4) is 0 Å². The summed E-state index contributed by atoms with van der Waals surface area (Å²) in [6.45, 7) is 0.605. The molecule has 2 atom stereocenters. The second-order valence-electron chi connectivity index (χ2n) is 7.68. The van der Waals surface area contributed by atoms with Gasteiger partial charge in [-0.25, -0.2) is 4.79 Å². The summed E-state index contributed by atoms with van der Waals surface area (Å²) in [5, 5.41) is 22.1. The number of aliphatic carboxylic acids is 1. The molecule has 5 nitrogen and oxygen atoms in total. The highest BCUT2D eigenvalue weighted by Gasteiger charge is 2.34. The SMILES string of the molecule is O=C(O)c1cc(Cc2cccc(-c3ccccc3)c2)cc([C@H]2CCN[C@@H]2C(=O)O)c1. The van der Waals surface area contributed by atoms with Gasteiger partial charge in [-0.1, -0.05) is 60.7 Å². The lowest BCUT2D eigenvalue weighted by molar-refractivity contribution is -0.139.